The van der Waals surface area contributed by atoms with Crippen molar-refractivity contribution < 1.29 is 27.6 Å². The van der Waals surface area contributed by atoms with Gasteiger partial charge in [0.1, 0.15) is 17.1 Å². The maximum atomic E-state index is 13.1. The lowest BCUT2D eigenvalue weighted by atomic mass is 10.0. The molecule has 0 unspecified atom stereocenters. The van der Waals surface area contributed by atoms with Gasteiger partial charge in [-0.25, -0.2) is 0 Å². The molecule has 3 N–H and O–H groups in total. The molecule has 4 rings (SSSR count). The number of carbonyl (C=O) groups is 1. The van der Waals surface area contributed by atoms with E-state index in [4.69, 9.17) is 16.3 Å². The van der Waals surface area contributed by atoms with Crippen molar-refractivity contribution in [3.8, 4) is 11.5 Å². The van der Waals surface area contributed by atoms with Crippen molar-refractivity contribution in [1.82, 2.24) is 0 Å². The number of aryl methyl sites for hydroxylation is 1. The number of azo groups is 1. The summed E-state index contributed by atoms with van der Waals surface area (Å²) < 4.78 is 38.1. The zero-order valence-corrected chi connectivity index (χ0v) is 21.3. The highest BCUT2D eigenvalue weighted by Crippen LogP contribution is 2.41. The van der Waals surface area contributed by atoms with E-state index in [0.29, 0.717) is 34.4 Å². The van der Waals surface area contributed by atoms with Gasteiger partial charge in [-0.2, -0.15) is 8.42 Å². The van der Waals surface area contributed by atoms with Crippen LogP contribution in [0.5, 0.6) is 11.5 Å². The molecular weight excluding hydrogens is 518 g/mol. The van der Waals surface area contributed by atoms with E-state index in [2.05, 4.69) is 15.5 Å². The molecule has 11 heteroatoms. The van der Waals surface area contributed by atoms with Crippen LogP contribution < -0.4 is 10.1 Å². The van der Waals surface area contributed by atoms with Crippen molar-refractivity contribution in [2.75, 3.05) is 11.9 Å². The first kappa shape index (κ1) is 26.1. The van der Waals surface area contributed by atoms with Crippen molar-refractivity contribution in [3.05, 3.63) is 82.9 Å². The first-order valence-electron chi connectivity index (χ1n) is 11.1. The molecule has 0 saturated heterocycles. The first-order valence-corrected chi connectivity index (χ1v) is 12.9. The number of hydrogen-bond acceptors (Lipinski definition) is 7. The second-order valence-electron chi connectivity index (χ2n) is 8.00. The average molecular weight is 540 g/mol. The third-order valence-corrected chi connectivity index (χ3v) is 6.75. The molecule has 9 nitrogen and oxygen atoms in total. The predicted molar refractivity (Wildman–Crippen MR) is 141 cm³/mol. The molecule has 1 amide bonds. The number of aromatic hydroxyl groups is 1. The average Bonchev–Trinajstić information content (AvgIpc) is 2.86. The Kier molecular flexibility index (Phi) is 7.44. The molecule has 0 aliphatic rings. The standard InChI is InChI=1S/C26H22ClN3O6S/c1-3-36-18-10-8-17(9-11-18)28-26(32)21-13-16-6-4-5-7-20(16)24(25(21)31)30-29-22-14-19(37(33,34)35)12-15(2)23(22)27/h4-14,31H,3H2,1-2H3,(H,28,32)(H,33,34,35). The van der Waals surface area contributed by atoms with Crippen LogP contribution in [0.25, 0.3) is 10.8 Å². The fourth-order valence-corrected chi connectivity index (χ4v) is 4.37. The van der Waals surface area contributed by atoms with Gasteiger partial charge in [-0.05, 0) is 67.3 Å². The van der Waals surface area contributed by atoms with Gasteiger partial charge in [0.2, 0.25) is 0 Å². The molecule has 0 radical (unpaired) electrons. The minimum Gasteiger partial charge on any atom is -0.505 e. The van der Waals surface area contributed by atoms with Crippen molar-refractivity contribution in [2.24, 2.45) is 10.2 Å². The van der Waals surface area contributed by atoms with Gasteiger partial charge in [0.15, 0.2) is 5.75 Å². The van der Waals surface area contributed by atoms with Gasteiger partial charge in [-0.15, -0.1) is 10.2 Å². The van der Waals surface area contributed by atoms with Crippen LogP contribution in [0.1, 0.15) is 22.8 Å². The highest BCUT2D eigenvalue weighted by Gasteiger charge is 2.20. The number of benzene rings is 4. The van der Waals surface area contributed by atoms with Crippen LogP contribution >= 0.6 is 11.6 Å². The zero-order valence-electron chi connectivity index (χ0n) is 19.8. The minimum atomic E-state index is -4.51. The molecule has 0 aromatic heterocycles. The highest BCUT2D eigenvalue weighted by molar-refractivity contribution is 7.85. The number of nitrogens with one attached hydrogen (secondary N) is 1. The molecule has 0 spiro atoms. The normalized spacial score (nSPS) is 11.7. The Labute approximate surface area is 218 Å². The Morgan fingerprint density at radius 3 is 2.43 bits per heavy atom. The van der Waals surface area contributed by atoms with E-state index >= 15 is 0 Å². The van der Waals surface area contributed by atoms with Gasteiger partial charge in [0, 0.05) is 11.1 Å². The number of anilines is 1. The molecule has 0 aliphatic heterocycles. The van der Waals surface area contributed by atoms with Crippen molar-refractivity contribution in [2.45, 2.75) is 18.7 Å². The Balaban J connectivity index is 1.76. The van der Waals surface area contributed by atoms with E-state index in [1.54, 1.807) is 55.5 Å². The second kappa shape index (κ2) is 10.6. The summed E-state index contributed by atoms with van der Waals surface area (Å²) >= 11 is 6.28. The Morgan fingerprint density at radius 2 is 1.76 bits per heavy atom. The van der Waals surface area contributed by atoms with E-state index in [1.165, 1.54) is 12.1 Å². The van der Waals surface area contributed by atoms with Crippen LogP contribution in [0, 0.1) is 6.92 Å². The minimum absolute atomic E-state index is 0.0130. The molecule has 0 aliphatic carbocycles. The van der Waals surface area contributed by atoms with Gasteiger partial charge in [0.05, 0.1) is 22.1 Å². The molecule has 0 atom stereocenters. The van der Waals surface area contributed by atoms with Gasteiger partial charge < -0.3 is 15.2 Å². The zero-order chi connectivity index (χ0) is 26.7. The fourth-order valence-electron chi connectivity index (χ4n) is 3.64. The molecule has 0 bridgehead atoms. The summed E-state index contributed by atoms with van der Waals surface area (Å²) in [5, 5.41) is 23.2. The smallest absolute Gasteiger partial charge is 0.294 e. The monoisotopic (exact) mass is 539 g/mol. The van der Waals surface area contributed by atoms with Crippen molar-refractivity contribution >= 4 is 55.5 Å². The predicted octanol–water partition coefficient (Wildman–Crippen LogP) is 6.82. The summed E-state index contributed by atoms with van der Waals surface area (Å²) in [6, 6.07) is 17.5. The van der Waals surface area contributed by atoms with Gasteiger partial charge in [-0.1, -0.05) is 35.9 Å². The van der Waals surface area contributed by atoms with E-state index < -0.39 is 26.7 Å². The van der Waals surface area contributed by atoms with E-state index in [-0.39, 0.29) is 22.0 Å². The Bertz CT molecular complexity index is 1640. The molecule has 37 heavy (non-hydrogen) atoms. The van der Waals surface area contributed by atoms with Crippen LogP contribution in [0.2, 0.25) is 5.02 Å². The lowest BCUT2D eigenvalue weighted by molar-refractivity contribution is 0.102. The largest absolute Gasteiger partial charge is 0.505 e. The number of rotatable bonds is 7. The van der Waals surface area contributed by atoms with Gasteiger partial charge in [0.25, 0.3) is 16.0 Å². The number of hydrogen-bond donors (Lipinski definition) is 3. The number of carbonyl (C=O) groups excluding carboxylic acids is 1. The molecule has 0 fully saturated rings. The van der Waals surface area contributed by atoms with Crippen molar-refractivity contribution in [3.63, 3.8) is 0 Å². The van der Waals surface area contributed by atoms with E-state index in [0.717, 1.165) is 6.07 Å². The number of phenols is 1. The molecule has 0 heterocycles. The number of phenolic OH excluding ortho intramolecular Hbond substituents is 1. The first-order chi connectivity index (χ1) is 17.6. The number of amides is 1. The highest BCUT2D eigenvalue weighted by atomic mass is 35.5. The molecular formula is C26H22ClN3O6S. The van der Waals surface area contributed by atoms with E-state index in [1.807, 2.05) is 6.92 Å². The maximum Gasteiger partial charge on any atom is 0.294 e. The summed E-state index contributed by atoms with van der Waals surface area (Å²) in [5.41, 5.74) is 0.746. The van der Waals surface area contributed by atoms with Gasteiger partial charge >= 0.3 is 0 Å². The number of fused-ring (bicyclic) bond motifs is 1. The summed E-state index contributed by atoms with van der Waals surface area (Å²) in [6.45, 7) is 3.93. The topological polar surface area (TPSA) is 138 Å². The summed E-state index contributed by atoms with van der Waals surface area (Å²) in [7, 11) is -4.51. The quantitative estimate of drug-likeness (QED) is 0.174. The van der Waals surface area contributed by atoms with Crippen LogP contribution in [0.4, 0.5) is 17.1 Å². The van der Waals surface area contributed by atoms with Crippen LogP contribution in [-0.4, -0.2) is 30.6 Å². The fraction of sp³-hybridized carbons (Fsp3) is 0.115. The summed E-state index contributed by atoms with van der Waals surface area (Å²) in [4.78, 5) is 12.7. The SMILES string of the molecule is CCOc1ccc(NC(=O)c2cc3ccccc3c(N=Nc3cc(S(=O)(=O)O)cc(C)c3Cl)c2O)cc1. The molecule has 190 valence electrons. The lowest BCUT2D eigenvalue weighted by Gasteiger charge is -2.12. The van der Waals surface area contributed by atoms with E-state index in [9.17, 15) is 22.9 Å². The third kappa shape index (κ3) is 5.72. The van der Waals surface area contributed by atoms with Crippen LogP contribution in [0.3, 0.4) is 0 Å². The summed E-state index contributed by atoms with van der Waals surface area (Å²) in [6.07, 6.45) is 0. The summed E-state index contributed by atoms with van der Waals surface area (Å²) in [5.74, 6) is -0.348. The number of nitrogens with zero attached hydrogens (tertiary/aromatic N) is 2. The van der Waals surface area contributed by atoms with Crippen molar-refractivity contribution in [1.29, 1.82) is 0 Å². The lowest BCUT2D eigenvalue weighted by Crippen LogP contribution is -2.12. The molecule has 4 aromatic carbocycles. The Hall–Kier alpha value is -3.99. The van der Waals surface area contributed by atoms with Crippen LogP contribution in [0.15, 0.2) is 81.9 Å². The Morgan fingerprint density at radius 1 is 1.05 bits per heavy atom. The molecule has 4 aromatic rings. The molecule has 0 saturated carbocycles. The third-order valence-electron chi connectivity index (χ3n) is 5.43. The number of halogens is 1. The second-order valence-corrected chi connectivity index (χ2v) is 9.80. The maximum absolute atomic E-state index is 13.1. The number of ether oxygens (including phenoxy) is 1. The van der Waals surface area contributed by atoms with Gasteiger partial charge in [-0.3, -0.25) is 9.35 Å². The van der Waals surface area contributed by atoms with Crippen LogP contribution in [-0.2, 0) is 10.1 Å².